The highest BCUT2D eigenvalue weighted by atomic mass is 16.3. The van der Waals surface area contributed by atoms with Crippen LogP contribution in [0.15, 0.2) is 0 Å². The fourth-order valence-corrected chi connectivity index (χ4v) is 1.93. The van der Waals surface area contributed by atoms with Crippen LogP contribution in [0.25, 0.3) is 0 Å². The molecule has 1 amide bonds. The number of nitrogens with one attached hydrogen (secondary N) is 1. The first-order valence-electron chi connectivity index (χ1n) is 6.35. The molecule has 2 N–H and O–H groups in total. The van der Waals surface area contributed by atoms with E-state index < -0.39 is 0 Å². The van der Waals surface area contributed by atoms with Crippen molar-refractivity contribution in [3.8, 4) is 0 Å². The Bertz CT molecular complexity index is 215. The molecule has 1 aliphatic rings. The monoisotopic (exact) mass is 228 g/mol. The molecule has 4 nitrogen and oxygen atoms in total. The zero-order chi connectivity index (χ0) is 12.0. The maximum absolute atomic E-state index is 12.0. The number of likely N-dealkylation sites (tertiary alicyclic amines) is 1. The number of hydrogen-bond acceptors (Lipinski definition) is 3. The summed E-state index contributed by atoms with van der Waals surface area (Å²) in [6.07, 6.45) is 3.85. The summed E-state index contributed by atoms with van der Waals surface area (Å²) in [5.74, 6) is 0.169. The summed E-state index contributed by atoms with van der Waals surface area (Å²) in [6, 6.07) is -0.181. The van der Waals surface area contributed by atoms with Gasteiger partial charge in [0.2, 0.25) is 5.91 Å². The first-order chi connectivity index (χ1) is 7.65. The van der Waals surface area contributed by atoms with Crippen molar-refractivity contribution in [3.63, 3.8) is 0 Å². The first-order valence-corrected chi connectivity index (χ1v) is 6.35. The van der Waals surface area contributed by atoms with Crippen LogP contribution >= 0.6 is 0 Å². The number of hydrogen-bond donors (Lipinski definition) is 2. The van der Waals surface area contributed by atoms with Crippen LogP contribution in [0.4, 0.5) is 0 Å². The average molecular weight is 228 g/mol. The Morgan fingerprint density at radius 3 is 2.56 bits per heavy atom. The molecule has 0 aliphatic carbocycles. The maximum atomic E-state index is 12.0. The quantitative estimate of drug-likeness (QED) is 0.730. The smallest absolute Gasteiger partial charge is 0.239 e. The molecule has 0 aromatic rings. The van der Waals surface area contributed by atoms with Gasteiger partial charge in [0.1, 0.15) is 0 Å². The third-order valence-electron chi connectivity index (χ3n) is 3.17. The second-order valence-corrected chi connectivity index (χ2v) is 4.58. The number of rotatable bonds is 5. The van der Waals surface area contributed by atoms with Gasteiger partial charge >= 0.3 is 0 Å². The minimum Gasteiger partial charge on any atom is -0.392 e. The summed E-state index contributed by atoms with van der Waals surface area (Å²) in [5.41, 5.74) is 0. The van der Waals surface area contributed by atoms with Crippen molar-refractivity contribution < 1.29 is 9.90 Å². The third-order valence-corrected chi connectivity index (χ3v) is 3.17. The van der Waals surface area contributed by atoms with Crippen LogP contribution in [0, 0.1) is 0 Å². The lowest BCUT2D eigenvalue weighted by Gasteiger charge is -2.29. The van der Waals surface area contributed by atoms with Gasteiger partial charge < -0.3 is 15.3 Å². The number of carbonyl (C=O) groups excluding carboxylic acids is 1. The molecule has 0 aromatic carbocycles. The van der Waals surface area contributed by atoms with Gasteiger partial charge in [-0.15, -0.1) is 0 Å². The molecular formula is C12H24N2O2. The van der Waals surface area contributed by atoms with Crippen molar-refractivity contribution >= 4 is 5.91 Å². The van der Waals surface area contributed by atoms with E-state index in [-0.39, 0.29) is 18.1 Å². The Labute approximate surface area is 98.0 Å². The van der Waals surface area contributed by atoms with E-state index in [4.69, 9.17) is 0 Å². The topological polar surface area (TPSA) is 52.6 Å². The lowest BCUT2D eigenvalue weighted by atomic mass is 10.1. The van der Waals surface area contributed by atoms with E-state index in [0.717, 1.165) is 32.4 Å². The molecule has 0 radical (unpaired) electrons. The molecule has 2 unspecified atom stereocenters. The van der Waals surface area contributed by atoms with E-state index in [2.05, 4.69) is 5.32 Å². The Balaban J connectivity index is 2.29. The van der Waals surface area contributed by atoms with Gasteiger partial charge in [-0.2, -0.15) is 0 Å². The number of piperidine rings is 1. The summed E-state index contributed by atoms with van der Waals surface area (Å²) in [6.45, 7) is 6.09. The largest absolute Gasteiger partial charge is 0.392 e. The van der Waals surface area contributed by atoms with Crippen LogP contribution in [0.3, 0.4) is 0 Å². The van der Waals surface area contributed by atoms with E-state index in [9.17, 15) is 9.90 Å². The first kappa shape index (κ1) is 13.5. The predicted octanol–water partition coefficient (Wildman–Crippen LogP) is 0.748. The standard InChI is InChI=1S/C12H24N2O2/c1-3-11(15)9-13-10(2)12(16)14-7-5-4-6-8-14/h10-11,13,15H,3-9H2,1-2H3. The number of amides is 1. The predicted molar refractivity (Wildman–Crippen MR) is 64.2 cm³/mol. The molecule has 0 saturated carbocycles. The number of aliphatic hydroxyl groups excluding tert-OH is 1. The molecule has 0 bridgehead atoms. The van der Waals surface area contributed by atoms with Crippen molar-refractivity contribution in [2.24, 2.45) is 0 Å². The number of nitrogens with zero attached hydrogens (tertiary/aromatic N) is 1. The van der Waals surface area contributed by atoms with Gasteiger partial charge in [0.25, 0.3) is 0 Å². The zero-order valence-electron chi connectivity index (χ0n) is 10.4. The van der Waals surface area contributed by atoms with Crippen molar-refractivity contribution in [2.75, 3.05) is 19.6 Å². The summed E-state index contributed by atoms with van der Waals surface area (Å²) >= 11 is 0. The van der Waals surface area contributed by atoms with Crippen LogP contribution in [0.2, 0.25) is 0 Å². The van der Waals surface area contributed by atoms with Gasteiger partial charge in [-0.05, 0) is 32.6 Å². The van der Waals surface area contributed by atoms with E-state index >= 15 is 0 Å². The molecular weight excluding hydrogens is 204 g/mol. The van der Waals surface area contributed by atoms with Crippen LogP contribution in [0.5, 0.6) is 0 Å². The van der Waals surface area contributed by atoms with Gasteiger partial charge in [0, 0.05) is 19.6 Å². The molecule has 1 saturated heterocycles. The Kier molecular flexibility index (Phi) is 5.77. The highest BCUT2D eigenvalue weighted by molar-refractivity contribution is 5.81. The SMILES string of the molecule is CCC(O)CNC(C)C(=O)N1CCCCC1. The molecule has 2 atom stereocenters. The highest BCUT2D eigenvalue weighted by Crippen LogP contribution is 2.09. The summed E-state index contributed by atoms with van der Waals surface area (Å²) in [7, 11) is 0. The summed E-state index contributed by atoms with van der Waals surface area (Å²) in [5, 5.41) is 12.5. The molecule has 4 heteroatoms. The Hall–Kier alpha value is -0.610. The molecule has 1 aliphatic heterocycles. The molecule has 94 valence electrons. The molecule has 16 heavy (non-hydrogen) atoms. The number of aliphatic hydroxyl groups is 1. The van der Waals surface area contributed by atoms with Gasteiger partial charge in [-0.3, -0.25) is 4.79 Å². The molecule has 1 heterocycles. The van der Waals surface area contributed by atoms with E-state index in [1.54, 1.807) is 0 Å². The number of carbonyl (C=O) groups is 1. The second-order valence-electron chi connectivity index (χ2n) is 4.58. The van der Waals surface area contributed by atoms with E-state index in [0.29, 0.717) is 6.54 Å². The molecule has 1 fully saturated rings. The van der Waals surface area contributed by atoms with Crippen molar-refractivity contribution in [3.05, 3.63) is 0 Å². The normalized spacial score (nSPS) is 20.6. The lowest BCUT2D eigenvalue weighted by Crippen LogP contribution is -2.48. The third kappa shape index (κ3) is 4.10. The summed E-state index contributed by atoms with van der Waals surface area (Å²) in [4.78, 5) is 13.9. The van der Waals surface area contributed by atoms with E-state index in [1.165, 1.54) is 6.42 Å². The van der Waals surface area contributed by atoms with Crippen molar-refractivity contribution in [1.82, 2.24) is 10.2 Å². The van der Waals surface area contributed by atoms with Gasteiger partial charge in [0.15, 0.2) is 0 Å². The van der Waals surface area contributed by atoms with Crippen LogP contribution < -0.4 is 5.32 Å². The maximum Gasteiger partial charge on any atom is 0.239 e. The highest BCUT2D eigenvalue weighted by Gasteiger charge is 2.21. The van der Waals surface area contributed by atoms with Crippen LogP contribution in [-0.4, -0.2) is 47.7 Å². The Morgan fingerprint density at radius 2 is 2.00 bits per heavy atom. The second kappa shape index (κ2) is 6.86. The van der Waals surface area contributed by atoms with Crippen molar-refractivity contribution in [2.45, 2.75) is 51.7 Å². The van der Waals surface area contributed by atoms with Gasteiger partial charge in [-0.1, -0.05) is 6.92 Å². The molecule has 0 aromatic heterocycles. The van der Waals surface area contributed by atoms with Crippen LogP contribution in [0.1, 0.15) is 39.5 Å². The minimum atomic E-state index is -0.350. The fourth-order valence-electron chi connectivity index (χ4n) is 1.93. The van der Waals surface area contributed by atoms with Crippen LogP contribution in [-0.2, 0) is 4.79 Å². The van der Waals surface area contributed by atoms with Crippen molar-refractivity contribution in [1.29, 1.82) is 0 Å². The Morgan fingerprint density at radius 1 is 1.38 bits per heavy atom. The minimum absolute atomic E-state index is 0.169. The average Bonchev–Trinajstić information content (AvgIpc) is 2.35. The fraction of sp³-hybridized carbons (Fsp3) is 0.917. The van der Waals surface area contributed by atoms with Gasteiger partial charge in [-0.25, -0.2) is 0 Å². The molecule has 0 spiro atoms. The van der Waals surface area contributed by atoms with Gasteiger partial charge in [0.05, 0.1) is 12.1 Å². The summed E-state index contributed by atoms with van der Waals surface area (Å²) < 4.78 is 0. The lowest BCUT2D eigenvalue weighted by molar-refractivity contribution is -0.134. The van der Waals surface area contributed by atoms with E-state index in [1.807, 2.05) is 18.7 Å². The molecule has 1 rings (SSSR count). The zero-order valence-corrected chi connectivity index (χ0v) is 10.4.